The lowest BCUT2D eigenvalue weighted by Crippen LogP contribution is -2.24. The third-order valence-electron chi connectivity index (χ3n) is 2.04. The minimum atomic E-state index is -0.522. The van der Waals surface area contributed by atoms with Crippen LogP contribution in [0.5, 0.6) is 0 Å². The Morgan fingerprint density at radius 3 is 2.67 bits per heavy atom. The number of ether oxygens (including phenoxy) is 1. The molecule has 0 N–H and O–H groups in total. The van der Waals surface area contributed by atoms with Crippen LogP contribution in [0.4, 0.5) is 0 Å². The molecule has 0 radical (unpaired) electrons. The van der Waals surface area contributed by atoms with Crippen molar-refractivity contribution >= 4 is 6.08 Å². The zero-order valence-corrected chi connectivity index (χ0v) is 6.69. The Balaban J connectivity index is 2.53. The van der Waals surface area contributed by atoms with E-state index in [9.17, 15) is 4.79 Å². The number of rotatable bonds is 2. The quantitative estimate of drug-likeness (QED) is 0.446. The van der Waals surface area contributed by atoms with E-state index in [0.29, 0.717) is 13.2 Å². The number of aliphatic imine (C=N–C) groups is 1. The van der Waals surface area contributed by atoms with E-state index in [2.05, 4.69) is 4.99 Å². The van der Waals surface area contributed by atoms with Crippen molar-refractivity contribution in [1.29, 1.82) is 5.26 Å². The van der Waals surface area contributed by atoms with E-state index in [-0.39, 0.29) is 5.92 Å². The van der Waals surface area contributed by atoms with Crippen LogP contribution in [0.1, 0.15) is 12.8 Å². The molecule has 64 valence electrons. The van der Waals surface area contributed by atoms with Gasteiger partial charge in [-0.25, -0.2) is 4.79 Å². The molecule has 1 heterocycles. The topological polar surface area (TPSA) is 62.5 Å². The highest BCUT2D eigenvalue weighted by Crippen LogP contribution is 2.20. The molecule has 12 heavy (non-hydrogen) atoms. The van der Waals surface area contributed by atoms with E-state index in [0.717, 1.165) is 12.8 Å². The minimum absolute atomic E-state index is 0.171. The van der Waals surface area contributed by atoms with Gasteiger partial charge in [-0.05, 0) is 18.8 Å². The normalized spacial score (nSPS) is 20.6. The Bertz CT molecular complexity index is 222. The fourth-order valence-electron chi connectivity index (χ4n) is 1.33. The first kappa shape index (κ1) is 8.92. The van der Waals surface area contributed by atoms with Gasteiger partial charge in [-0.3, -0.25) is 0 Å². The highest BCUT2D eigenvalue weighted by Gasteiger charge is 2.23. The molecule has 0 aromatic rings. The second-order valence-corrected chi connectivity index (χ2v) is 2.74. The van der Waals surface area contributed by atoms with Gasteiger partial charge in [0, 0.05) is 13.2 Å². The summed E-state index contributed by atoms with van der Waals surface area (Å²) in [6.45, 7) is 1.33. The van der Waals surface area contributed by atoms with E-state index in [1.54, 1.807) is 0 Å². The Hall–Kier alpha value is -1.17. The van der Waals surface area contributed by atoms with E-state index in [1.807, 2.05) is 6.07 Å². The van der Waals surface area contributed by atoms with Gasteiger partial charge in [-0.2, -0.15) is 10.3 Å². The smallest absolute Gasteiger partial charge is 0.236 e. The number of carbonyl (C=O) groups excluding carboxylic acids is 1. The van der Waals surface area contributed by atoms with Crippen LogP contribution in [-0.2, 0) is 9.53 Å². The second kappa shape index (κ2) is 4.66. The maximum Gasteiger partial charge on any atom is 0.236 e. The predicted molar refractivity (Wildman–Crippen MR) is 41.1 cm³/mol. The van der Waals surface area contributed by atoms with E-state index >= 15 is 0 Å². The summed E-state index contributed by atoms with van der Waals surface area (Å²) >= 11 is 0. The molecular weight excluding hydrogens is 156 g/mol. The van der Waals surface area contributed by atoms with Crippen molar-refractivity contribution in [2.24, 2.45) is 10.9 Å². The van der Waals surface area contributed by atoms with Crippen LogP contribution in [-0.4, -0.2) is 25.3 Å². The molecule has 0 saturated carbocycles. The van der Waals surface area contributed by atoms with Crippen LogP contribution < -0.4 is 0 Å². The van der Waals surface area contributed by atoms with Gasteiger partial charge in [0.25, 0.3) is 0 Å². The molecule has 0 aromatic carbocycles. The summed E-state index contributed by atoms with van der Waals surface area (Å²) in [5.74, 6) is 0.171. The molecule has 0 aliphatic carbocycles. The molecule has 4 nitrogen and oxygen atoms in total. The lowest BCUT2D eigenvalue weighted by molar-refractivity contribution is 0.0637. The molecule has 1 aliphatic heterocycles. The summed E-state index contributed by atoms with van der Waals surface area (Å²) in [6.07, 6.45) is 3.05. The molecule has 0 bridgehead atoms. The maximum absolute atomic E-state index is 9.94. The largest absolute Gasteiger partial charge is 0.381 e. The SMILES string of the molecule is N#CC(N=C=O)C1CCOCC1. The van der Waals surface area contributed by atoms with Crippen molar-refractivity contribution in [2.45, 2.75) is 18.9 Å². The second-order valence-electron chi connectivity index (χ2n) is 2.74. The van der Waals surface area contributed by atoms with Gasteiger partial charge in [0.15, 0.2) is 6.04 Å². The van der Waals surface area contributed by atoms with E-state index < -0.39 is 6.04 Å². The molecule has 1 rings (SSSR count). The van der Waals surface area contributed by atoms with Crippen LogP contribution >= 0.6 is 0 Å². The zero-order chi connectivity index (χ0) is 8.81. The monoisotopic (exact) mass is 166 g/mol. The molecule has 1 aliphatic rings. The Kier molecular flexibility index (Phi) is 3.46. The molecular formula is C8H10N2O2. The highest BCUT2D eigenvalue weighted by molar-refractivity contribution is 5.34. The lowest BCUT2D eigenvalue weighted by Gasteiger charge is -2.22. The van der Waals surface area contributed by atoms with Crippen LogP contribution in [0.3, 0.4) is 0 Å². The van der Waals surface area contributed by atoms with Crippen molar-refractivity contribution in [3.63, 3.8) is 0 Å². The van der Waals surface area contributed by atoms with Gasteiger partial charge in [-0.15, -0.1) is 0 Å². The van der Waals surface area contributed by atoms with Crippen molar-refractivity contribution in [3.8, 4) is 6.07 Å². The summed E-state index contributed by atoms with van der Waals surface area (Å²) in [4.78, 5) is 13.4. The number of isocyanates is 1. The Morgan fingerprint density at radius 2 is 2.17 bits per heavy atom. The third kappa shape index (κ3) is 2.16. The van der Waals surface area contributed by atoms with Gasteiger partial charge in [0.1, 0.15) is 0 Å². The minimum Gasteiger partial charge on any atom is -0.381 e. The van der Waals surface area contributed by atoms with E-state index in [1.165, 1.54) is 6.08 Å². The number of hydrogen-bond donors (Lipinski definition) is 0. The van der Waals surface area contributed by atoms with Crippen LogP contribution in [0.15, 0.2) is 4.99 Å². The van der Waals surface area contributed by atoms with E-state index in [4.69, 9.17) is 10.00 Å². The van der Waals surface area contributed by atoms with Crippen LogP contribution in [0.25, 0.3) is 0 Å². The summed E-state index contributed by atoms with van der Waals surface area (Å²) in [7, 11) is 0. The first-order chi connectivity index (χ1) is 5.88. The maximum atomic E-state index is 9.94. The van der Waals surface area contributed by atoms with Crippen LogP contribution in [0.2, 0.25) is 0 Å². The van der Waals surface area contributed by atoms with Gasteiger partial charge < -0.3 is 4.74 Å². The summed E-state index contributed by atoms with van der Waals surface area (Å²) in [5, 5.41) is 8.65. The first-order valence-electron chi connectivity index (χ1n) is 3.93. The van der Waals surface area contributed by atoms with Crippen molar-refractivity contribution in [1.82, 2.24) is 0 Å². The van der Waals surface area contributed by atoms with Crippen LogP contribution in [0, 0.1) is 17.2 Å². The average Bonchev–Trinajstić information content (AvgIpc) is 2.15. The number of hydrogen-bond acceptors (Lipinski definition) is 4. The lowest BCUT2D eigenvalue weighted by atomic mass is 9.93. The number of nitriles is 1. The molecule has 0 spiro atoms. The Morgan fingerprint density at radius 1 is 1.50 bits per heavy atom. The average molecular weight is 166 g/mol. The fraction of sp³-hybridized carbons (Fsp3) is 0.750. The standard InChI is InChI=1S/C8H10N2O2/c9-5-8(10-6-11)7-1-3-12-4-2-7/h7-8H,1-4H2. The first-order valence-corrected chi connectivity index (χ1v) is 3.93. The molecule has 1 fully saturated rings. The third-order valence-corrected chi connectivity index (χ3v) is 2.04. The van der Waals surface area contributed by atoms with Gasteiger partial charge in [0.2, 0.25) is 6.08 Å². The summed E-state index contributed by atoms with van der Waals surface area (Å²) in [6, 6.07) is 1.47. The number of nitrogens with zero attached hydrogens (tertiary/aromatic N) is 2. The van der Waals surface area contributed by atoms with Crippen molar-refractivity contribution < 1.29 is 9.53 Å². The molecule has 4 heteroatoms. The molecule has 0 aromatic heterocycles. The van der Waals surface area contributed by atoms with Crippen molar-refractivity contribution in [3.05, 3.63) is 0 Å². The molecule has 1 atom stereocenters. The summed E-state index contributed by atoms with van der Waals surface area (Å²) in [5.41, 5.74) is 0. The van der Waals surface area contributed by atoms with Gasteiger partial charge in [-0.1, -0.05) is 0 Å². The predicted octanol–water partition coefficient (Wildman–Crippen LogP) is 0.641. The zero-order valence-electron chi connectivity index (χ0n) is 6.69. The Labute approximate surface area is 70.9 Å². The summed E-state index contributed by atoms with van der Waals surface area (Å²) < 4.78 is 5.12. The van der Waals surface area contributed by atoms with Gasteiger partial charge >= 0.3 is 0 Å². The molecule has 1 unspecified atom stereocenters. The molecule has 0 amide bonds. The molecule has 1 saturated heterocycles. The van der Waals surface area contributed by atoms with Crippen molar-refractivity contribution in [2.75, 3.05) is 13.2 Å². The van der Waals surface area contributed by atoms with Gasteiger partial charge in [0.05, 0.1) is 6.07 Å². The fourth-order valence-corrected chi connectivity index (χ4v) is 1.33. The highest BCUT2D eigenvalue weighted by atomic mass is 16.5.